The molecule has 9 heteroatoms. The molecule has 156 valence electrons. The van der Waals surface area contributed by atoms with Crippen LogP contribution in [0.25, 0.3) is 22.0 Å². The fourth-order valence-electron chi connectivity index (χ4n) is 3.94. The van der Waals surface area contributed by atoms with Crippen LogP contribution in [-0.2, 0) is 13.0 Å². The molecule has 5 rings (SSSR count). The van der Waals surface area contributed by atoms with Crippen LogP contribution in [0.4, 0.5) is 0 Å². The van der Waals surface area contributed by atoms with E-state index in [2.05, 4.69) is 19.9 Å². The highest BCUT2D eigenvalue weighted by Gasteiger charge is 2.28. The first-order chi connectivity index (χ1) is 15.1. The van der Waals surface area contributed by atoms with Gasteiger partial charge in [0.05, 0.1) is 35.1 Å². The highest BCUT2D eigenvalue weighted by molar-refractivity contribution is 6.45. The summed E-state index contributed by atoms with van der Waals surface area (Å²) in [5.41, 5.74) is 4.68. The Hall–Kier alpha value is -3.16. The number of fused-ring (bicyclic) bond motifs is 3. The largest absolute Gasteiger partial charge is 0.494 e. The summed E-state index contributed by atoms with van der Waals surface area (Å²) in [6.45, 7) is 0.955. The van der Waals surface area contributed by atoms with Crippen LogP contribution in [0.2, 0.25) is 10.0 Å². The fraction of sp³-hybridized carbons (Fsp3) is 0.182. The molecule has 4 heterocycles. The minimum Gasteiger partial charge on any atom is -0.494 e. The van der Waals surface area contributed by atoms with Crippen LogP contribution in [0.5, 0.6) is 5.75 Å². The van der Waals surface area contributed by atoms with Gasteiger partial charge in [-0.3, -0.25) is 9.78 Å². The van der Waals surface area contributed by atoms with Crippen LogP contribution in [-0.4, -0.2) is 44.4 Å². The van der Waals surface area contributed by atoms with Crippen molar-refractivity contribution in [2.75, 3.05) is 13.7 Å². The zero-order chi connectivity index (χ0) is 21.5. The third-order valence-electron chi connectivity index (χ3n) is 5.46. The highest BCUT2D eigenvalue weighted by atomic mass is 35.5. The van der Waals surface area contributed by atoms with Crippen molar-refractivity contribution in [2.45, 2.75) is 13.0 Å². The molecule has 0 aliphatic carbocycles. The lowest BCUT2D eigenvalue weighted by Crippen LogP contribution is -2.36. The number of ether oxygens (including phenoxy) is 1. The first-order valence-corrected chi connectivity index (χ1v) is 10.4. The van der Waals surface area contributed by atoms with E-state index in [0.29, 0.717) is 35.3 Å². The van der Waals surface area contributed by atoms with Crippen LogP contribution in [0.3, 0.4) is 0 Å². The van der Waals surface area contributed by atoms with E-state index in [1.807, 2.05) is 18.2 Å². The second kappa shape index (κ2) is 7.83. The zero-order valence-corrected chi connectivity index (χ0v) is 18.0. The van der Waals surface area contributed by atoms with Gasteiger partial charge in [0.25, 0.3) is 5.91 Å². The summed E-state index contributed by atoms with van der Waals surface area (Å²) in [5.74, 6) is 0.407. The molecular formula is C22H17Cl2N5O2. The minimum atomic E-state index is -0.231. The predicted molar refractivity (Wildman–Crippen MR) is 119 cm³/mol. The predicted octanol–water partition coefficient (Wildman–Crippen LogP) is 4.53. The molecule has 0 saturated heterocycles. The van der Waals surface area contributed by atoms with Gasteiger partial charge in [-0.05, 0) is 17.7 Å². The van der Waals surface area contributed by atoms with Gasteiger partial charge in [-0.15, -0.1) is 0 Å². The van der Waals surface area contributed by atoms with Crippen molar-refractivity contribution in [1.82, 2.24) is 24.8 Å². The van der Waals surface area contributed by atoms with Crippen molar-refractivity contribution < 1.29 is 9.53 Å². The van der Waals surface area contributed by atoms with E-state index < -0.39 is 0 Å². The number of pyridine rings is 1. The summed E-state index contributed by atoms with van der Waals surface area (Å²) >= 11 is 13.0. The number of nitrogens with one attached hydrogen (secondary N) is 1. The average Bonchev–Trinajstić information content (AvgIpc) is 3.20. The Morgan fingerprint density at radius 2 is 2.03 bits per heavy atom. The Morgan fingerprint density at radius 1 is 1.23 bits per heavy atom. The Morgan fingerprint density at radius 3 is 2.74 bits per heavy atom. The number of rotatable bonds is 3. The van der Waals surface area contributed by atoms with E-state index in [-0.39, 0.29) is 11.7 Å². The summed E-state index contributed by atoms with van der Waals surface area (Å²) in [6.07, 6.45) is 7.15. The van der Waals surface area contributed by atoms with Crippen molar-refractivity contribution in [3.05, 3.63) is 70.1 Å². The number of carbonyl (C=O) groups excluding carboxylic acids is 1. The van der Waals surface area contributed by atoms with Gasteiger partial charge in [0.15, 0.2) is 5.75 Å². The van der Waals surface area contributed by atoms with Gasteiger partial charge in [-0.25, -0.2) is 9.97 Å². The summed E-state index contributed by atoms with van der Waals surface area (Å²) in [4.78, 5) is 30.7. The number of hydrogen-bond donors (Lipinski definition) is 1. The number of aromatic amines is 1. The van der Waals surface area contributed by atoms with Crippen molar-refractivity contribution in [2.24, 2.45) is 0 Å². The van der Waals surface area contributed by atoms with Gasteiger partial charge < -0.3 is 14.6 Å². The van der Waals surface area contributed by atoms with Crippen LogP contribution >= 0.6 is 23.2 Å². The molecule has 31 heavy (non-hydrogen) atoms. The summed E-state index contributed by atoms with van der Waals surface area (Å²) in [5, 5.41) is 1.88. The van der Waals surface area contributed by atoms with Crippen molar-refractivity contribution >= 4 is 40.0 Å². The minimum absolute atomic E-state index is 0.137. The molecule has 4 aromatic rings. The molecule has 0 unspecified atom stereocenters. The van der Waals surface area contributed by atoms with Crippen molar-refractivity contribution in [3.63, 3.8) is 0 Å². The van der Waals surface area contributed by atoms with Crippen LogP contribution < -0.4 is 4.74 Å². The Labute approximate surface area is 188 Å². The second-order valence-electron chi connectivity index (χ2n) is 7.22. The summed E-state index contributed by atoms with van der Waals surface area (Å²) in [6, 6.07) is 5.70. The normalized spacial score (nSPS) is 13.3. The van der Waals surface area contributed by atoms with Gasteiger partial charge >= 0.3 is 0 Å². The number of halogens is 2. The number of H-pyrrole nitrogens is 1. The number of aromatic nitrogens is 4. The maximum atomic E-state index is 13.0. The Balaban J connectivity index is 1.59. The first kappa shape index (κ1) is 19.8. The number of methoxy groups -OCH3 is 1. The van der Waals surface area contributed by atoms with Gasteiger partial charge in [0.1, 0.15) is 0 Å². The SMILES string of the molecule is COc1cnc(C(=O)N2CCc3[nH]c4c(Cl)c(Cl)cc(-c5cccnc5)c4c3C2)nc1. The molecule has 0 atom stereocenters. The molecule has 1 N–H and O–H groups in total. The van der Waals surface area contributed by atoms with Gasteiger partial charge in [0.2, 0.25) is 5.82 Å². The highest BCUT2D eigenvalue weighted by Crippen LogP contribution is 2.42. The van der Waals surface area contributed by atoms with E-state index in [0.717, 1.165) is 33.3 Å². The molecule has 1 amide bonds. The maximum Gasteiger partial charge on any atom is 0.291 e. The smallest absolute Gasteiger partial charge is 0.291 e. The molecule has 0 spiro atoms. The van der Waals surface area contributed by atoms with E-state index in [9.17, 15) is 4.79 Å². The van der Waals surface area contributed by atoms with Crippen molar-refractivity contribution in [1.29, 1.82) is 0 Å². The maximum absolute atomic E-state index is 13.0. The monoisotopic (exact) mass is 453 g/mol. The molecule has 0 fully saturated rings. The third kappa shape index (κ3) is 3.40. The van der Waals surface area contributed by atoms with Gasteiger partial charge in [-0.1, -0.05) is 29.3 Å². The van der Waals surface area contributed by atoms with E-state index >= 15 is 0 Å². The second-order valence-corrected chi connectivity index (χ2v) is 8.00. The van der Waals surface area contributed by atoms with Crippen LogP contribution in [0.1, 0.15) is 21.9 Å². The Kier molecular flexibility index (Phi) is 5.00. The molecule has 7 nitrogen and oxygen atoms in total. The topological polar surface area (TPSA) is 84.0 Å². The molecule has 3 aromatic heterocycles. The summed E-state index contributed by atoms with van der Waals surface area (Å²) < 4.78 is 5.07. The lowest BCUT2D eigenvalue weighted by molar-refractivity contribution is 0.0722. The first-order valence-electron chi connectivity index (χ1n) is 9.64. The van der Waals surface area contributed by atoms with Gasteiger partial charge in [-0.2, -0.15) is 0 Å². The number of nitrogens with zero attached hydrogens (tertiary/aromatic N) is 4. The van der Waals surface area contributed by atoms with E-state index in [1.54, 1.807) is 17.3 Å². The molecule has 0 radical (unpaired) electrons. The Bertz CT molecular complexity index is 1290. The fourth-order valence-corrected chi connectivity index (χ4v) is 4.34. The lowest BCUT2D eigenvalue weighted by atomic mass is 9.97. The third-order valence-corrected chi connectivity index (χ3v) is 6.24. The molecular weight excluding hydrogens is 437 g/mol. The molecule has 1 aliphatic heterocycles. The molecule has 1 aromatic carbocycles. The number of hydrogen-bond acceptors (Lipinski definition) is 5. The zero-order valence-electron chi connectivity index (χ0n) is 16.5. The lowest BCUT2D eigenvalue weighted by Gasteiger charge is -2.27. The molecule has 0 bridgehead atoms. The number of benzene rings is 1. The van der Waals surface area contributed by atoms with Crippen LogP contribution in [0, 0.1) is 0 Å². The van der Waals surface area contributed by atoms with E-state index in [1.165, 1.54) is 19.5 Å². The summed E-state index contributed by atoms with van der Waals surface area (Å²) in [7, 11) is 1.53. The molecule has 1 aliphatic rings. The van der Waals surface area contributed by atoms with E-state index in [4.69, 9.17) is 27.9 Å². The standard InChI is InChI=1S/C22H17Cl2N5O2/c1-31-13-9-26-21(27-10-13)22(30)29-6-4-17-15(11-29)18-14(12-3-2-5-25-8-12)7-16(23)19(24)20(18)28-17/h2-3,5,7-10,28H,4,6,11H2,1H3. The van der Waals surface area contributed by atoms with Gasteiger partial charge in [0, 0.05) is 54.1 Å². The number of amides is 1. The number of carbonyl (C=O) groups is 1. The average molecular weight is 454 g/mol. The molecule has 0 saturated carbocycles. The quantitative estimate of drug-likeness (QED) is 0.492. The van der Waals surface area contributed by atoms with Crippen molar-refractivity contribution in [3.8, 4) is 16.9 Å². The van der Waals surface area contributed by atoms with Crippen LogP contribution in [0.15, 0.2) is 43.0 Å².